The highest BCUT2D eigenvalue weighted by molar-refractivity contribution is 5.53. The van der Waals surface area contributed by atoms with Gasteiger partial charge in [-0.05, 0) is 26.7 Å². The minimum absolute atomic E-state index is 0.0688. The lowest BCUT2D eigenvalue weighted by atomic mass is 10.3. The number of rotatable bonds is 7. The second kappa shape index (κ2) is 7.04. The average molecular weight is 188 g/mol. The van der Waals surface area contributed by atoms with Gasteiger partial charge in [0.05, 0.1) is 12.2 Å². The van der Waals surface area contributed by atoms with E-state index in [1.807, 2.05) is 27.7 Å². The van der Waals surface area contributed by atoms with Gasteiger partial charge in [-0.25, -0.2) is 0 Å². The van der Waals surface area contributed by atoms with Crippen LogP contribution in [-0.4, -0.2) is 24.8 Å². The molecule has 0 aliphatic heterocycles. The monoisotopic (exact) mass is 188 g/mol. The van der Waals surface area contributed by atoms with Crippen molar-refractivity contribution in [3.63, 3.8) is 0 Å². The van der Waals surface area contributed by atoms with Crippen molar-refractivity contribution in [3.05, 3.63) is 0 Å². The van der Waals surface area contributed by atoms with E-state index in [2.05, 4.69) is 0 Å². The van der Waals surface area contributed by atoms with Crippen LogP contribution in [0.4, 0.5) is 0 Å². The van der Waals surface area contributed by atoms with Crippen LogP contribution in [0.25, 0.3) is 0 Å². The maximum Gasteiger partial charge on any atom is 0.215 e. The Morgan fingerprint density at radius 1 is 1.08 bits per heavy atom. The molecule has 0 aliphatic carbocycles. The van der Waals surface area contributed by atoms with Gasteiger partial charge in [-0.15, -0.1) is 0 Å². The fourth-order valence-electron chi connectivity index (χ4n) is 0.747. The molecule has 0 bridgehead atoms. The summed E-state index contributed by atoms with van der Waals surface area (Å²) in [5.74, 6) is 0. The van der Waals surface area contributed by atoms with Crippen LogP contribution in [0.1, 0.15) is 40.5 Å². The van der Waals surface area contributed by atoms with Crippen molar-refractivity contribution >= 4 is 6.29 Å². The molecular weight excluding hydrogens is 168 g/mol. The Morgan fingerprint density at radius 2 is 1.46 bits per heavy atom. The van der Waals surface area contributed by atoms with Crippen LogP contribution >= 0.6 is 0 Å². The minimum atomic E-state index is -0.704. The van der Waals surface area contributed by atoms with Crippen LogP contribution in [0.2, 0.25) is 0 Å². The van der Waals surface area contributed by atoms with Crippen molar-refractivity contribution in [2.45, 2.75) is 59.0 Å². The summed E-state index contributed by atoms with van der Waals surface area (Å²) in [6.45, 7) is 7.87. The summed E-state index contributed by atoms with van der Waals surface area (Å²) in [6, 6.07) is 0. The summed E-state index contributed by atoms with van der Waals surface area (Å²) in [5.41, 5.74) is 0. The largest absolute Gasteiger partial charge is 0.343 e. The smallest absolute Gasteiger partial charge is 0.215 e. The predicted octanol–water partition coefficient (Wildman–Crippen LogP) is 2.14. The van der Waals surface area contributed by atoms with Crippen molar-refractivity contribution in [1.82, 2.24) is 0 Å². The van der Waals surface area contributed by atoms with Gasteiger partial charge in [0.25, 0.3) is 0 Å². The van der Waals surface area contributed by atoms with Gasteiger partial charge in [0.2, 0.25) is 6.29 Å². The Balaban J connectivity index is 3.81. The molecule has 0 heterocycles. The molecule has 0 rings (SSSR count). The standard InChI is InChI=1S/C10H20O3/c1-5-8(3)12-10(7-11)13-9(4)6-2/h7-10H,5-6H2,1-4H3. The first-order chi connectivity index (χ1) is 6.13. The van der Waals surface area contributed by atoms with Gasteiger partial charge in [0, 0.05) is 0 Å². The lowest BCUT2D eigenvalue weighted by Gasteiger charge is -2.20. The lowest BCUT2D eigenvalue weighted by Crippen LogP contribution is -2.27. The highest BCUT2D eigenvalue weighted by Crippen LogP contribution is 2.06. The predicted molar refractivity (Wildman–Crippen MR) is 51.5 cm³/mol. The Bertz CT molecular complexity index is 124. The molecule has 0 aliphatic rings. The molecule has 0 aromatic rings. The third-order valence-electron chi connectivity index (χ3n) is 1.99. The summed E-state index contributed by atoms with van der Waals surface area (Å²) in [5, 5.41) is 0. The van der Waals surface area contributed by atoms with E-state index in [9.17, 15) is 4.79 Å². The Morgan fingerprint density at radius 3 is 1.69 bits per heavy atom. The Hall–Kier alpha value is -0.410. The van der Waals surface area contributed by atoms with Gasteiger partial charge in [0.15, 0.2) is 6.29 Å². The molecule has 0 spiro atoms. The number of carbonyl (C=O) groups excluding carboxylic acids is 1. The maximum absolute atomic E-state index is 10.6. The van der Waals surface area contributed by atoms with Crippen molar-refractivity contribution < 1.29 is 14.3 Å². The van der Waals surface area contributed by atoms with Gasteiger partial charge < -0.3 is 9.47 Å². The molecule has 0 aromatic heterocycles. The summed E-state index contributed by atoms with van der Waals surface area (Å²) < 4.78 is 10.7. The Labute approximate surface area is 80.4 Å². The second-order valence-corrected chi connectivity index (χ2v) is 3.21. The van der Waals surface area contributed by atoms with Gasteiger partial charge in [0.1, 0.15) is 0 Å². The van der Waals surface area contributed by atoms with E-state index >= 15 is 0 Å². The van der Waals surface area contributed by atoms with Crippen LogP contribution in [0, 0.1) is 0 Å². The molecule has 13 heavy (non-hydrogen) atoms. The van der Waals surface area contributed by atoms with Crippen LogP contribution in [0.3, 0.4) is 0 Å². The van der Waals surface area contributed by atoms with E-state index in [-0.39, 0.29) is 12.2 Å². The SMILES string of the molecule is CCC(C)OC(C=O)OC(C)CC. The van der Waals surface area contributed by atoms with Gasteiger partial charge >= 0.3 is 0 Å². The first kappa shape index (κ1) is 12.6. The van der Waals surface area contributed by atoms with Crippen LogP contribution in [0.5, 0.6) is 0 Å². The van der Waals surface area contributed by atoms with Gasteiger partial charge in [-0.1, -0.05) is 13.8 Å². The van der Waals surface area contributed by atoms with Crippen LogP contribution < -0.4 is 0 Å². The molecule has 2 unspecified atom stereocenters. The summed E-state index contributed by atoms with van der Waals surface area (Å²) in [6.07, 6.45) is 1.91. The first-order valence-corrected chi connectivity index (χ1v) is 4.90. The average Bonchev–Trinajstić information content (AvgIpc) is 2.16. The maximum atomic E-state index is 10.6. The molecule has 0 saturated heterocycles. The molecule has 3 nitrogen and oxygen atoms in total. The zero-order valence-corrected chi connectivity index (χ0v) is 8.95. The third kappa shape index (κ3) is 5.77. The quantitative estimate of drug-likeness (QED) is 0.453. The summed E-state index contributed by atoms with van der Waals surface area (Å²) in [7, 11) is 0. The Kier molecular flexibility index (Phi) is 6.82. The van der Waals surface area contributed by atoms with Crippen molar-refractivity contribution in [1.29, 1.82) is 0 Å². The number of carbonyl (C=O) groups is 1. The van der Waals surface area contributed by atoms with Crippen molar-refractivity contribution in [2.24, 2.45) is 0 Å². The molecule has 2 atom stereocenters. The molecule has 0 aromatic carbocycles. The molecule has 78 valence electrons. The molecule has 0 N–H and O–H groups in total. The van der Waals surface area contributed by atoms with Gasteiger partial charge in [-0.3, -0.25) is 4.79 Å². The summed E-state index contributed by atoms with van der Waals surface area (Å²) in [4.78, 5) is 10.6. The highest BCUT2D eigenvalue weighted by atomic mass is 16.7. The van der Waals surface area contributed by atoms with E-state index in [0.717, 1.165) is 12.8 Å². The molecule has 0 radical (unpaired) electrons. The number of aldehydes is 1. The van der Waals surface area contributed by atoms with E-state index in [4.69, 9.17) is 9.47 Å². The van der Waals surface area contributed by atoms with Crippen molar-refractivity contribution in [3.8, 4) is 0 Å². The third-order valence-corrected chi connectivity index (χ3v) is 1.99. The van der Waals surface area contributed by atoms with E-state index in [0.29, 0.717) is 6.29 Å². The molecule has 0 amide bonds. The van der Waals surface area contributed by atoms with Gasteiger partial charge in [-0.2, -0.15) is 0 Å². The first-order valence-electron chi connectivity index (χ1n) is 4.90. The second-order valence-electron chi connectivity index (χ2n) is 3.21. The van der Waals surface area contributed by atoms with E-state index < -0.39 is 6.29 Å². The number of hydrogen-bond donors (Lipinski definition) is 0. The topological polar surface area (TPSA) is 35.5 Å². The van der Waals surface area contributed by atoms with E-state index in [1.54, 1.807) is 0 Å². The molecule has 3 heteroatoms. The molecule has 0 fully saturated rings. The molecular formula is C10H20O3. The fourth-order valence-corrected chi connectivity index (χ4v) is 0.747. The highest BCUT2D eigenvalue weighted by Gasteiger charge is 2.14. The van der Waals surface area contributed by atoms with E-state index in [1.165, 1.54) is 0 Å². The fraction of sp³-hybridized carbons (Fsp3) is 0.900. The zero-order chi connectivity index (χ0) is 10.3. The van der Waals surface area contributed by atoms with Crippen molar-refractivity contribution in [2.75, 3.05) is 0 Å². The molecule has 0 saturated carbocycles. The lowest BCUT2D eigenvalue weighted by molar-refractivity contribution is -0.184. The minimum Gasteiger partial charge on any atom is -0.343 e. The van der Waals surface area contributed by atoms with Crippen LogP contribution in [-0.2, 0) is 14.3 Å². The number of ether oxygens (including phenoxy) is 2. The normalized spacial score (nSPS) is 17.8. The summed E-state index contributed by atoms with van der Waals surface area (Å²) >= 11 is 0. The zero-order valence-electron chi connectivity index (χ0n) is 8.95. The van der Waals surface area contributed by atoms with Crippen LogP contribution in [0.15, 0.2) is 0 Å². The number of hydrogen-bond acceptors (Lipinski definition) is 3.